The number of nitrogen functional groups attached to an aromatic ring is 1. The number of azo groups is 2. The molecule has 0 heterocycles. The number of fused-ring (bicyclic) bond motifs is 2. The van der Waals surface area contributed by atoms with Crippen molar-refractivity contribution in [2.45, 2.75) is 9.79 Å². The van der Waals surface area contributed by atoms with Crippen LogP contribution in [0.1, 0.15) is 0 Å². The Morgan fingerprint density at radius 2 is 1.17 bits per heavy atom. The van der Waals surface area contributed by atoms with Crippen molar-refractivity contribution in [3.05, 3.63) is 91.0 Å². The van der Waals surface area contributed by atoms with E-state index in [1.807, 2.05) is 0 Å². The Labute approximate surface area is 347 Å². The van der Waals surface area contributed by atoms with E-state index in [4.69, 9.17) is 15.2 Å². The van der Waals surface area contributed by atoms with Gasteiger partial charge in [0, 0.05) is 11.1 Å². The minimum Gasteiger partial charge on any atom is -0.871 e. The first-order chi connectivity index (χ1) is 24.2. The summed E-state index contributed by atoms with van der Waals surface area (Å²) >= 11 is 0. The summed E-state index contributed by atoms with van der Waals surface area (Å²) in [6.45, 7) is 0. The molecule has 0 amide bonds. The molecule has 0 aliphatic carbocycles. The first-order valence-corrected chi connectivity index (χ1v) is 17.5. The van der Waals surface area contributed by atoms with Gasteiger partial charge in [0.15, 0.2) is 0 Å². The van der Waals surface area contributed by atoms with Crippen molar-refractivity contribution in [3.63, 3.8) is 0 Å². The molecule has 0 aliphatic rings. The van der Waals surface area contributed by atoms with Gasteiger partial charge < -0.3 is 25.4 Å². The predicted molar refractivity (Wildman–Crippen MR) is 184 cm³/mol. The third-order valence-corrected chi connectivity index (χ3v) is 9.48. The number of nitrogens with two attached hydrogens (primary N) is 1. The SMILES string of the molecule is COc1cc(-c2ccc(N=Nc3c([O-])ccc4ccc(N)cc34)c(OC)c2)ccc1N=Nc1c(S(=O)(=O)O)cc2cc(S(=O)(=O)O)ccc2c1[O-].[Na+].[Na+]. The third-order valence-electron chi connectivity index (χ3n) is 7.77. The van der Waals surface area contributed by atoms with Gasteiger partial charge in [-0.3, -0.25) is 9.11 Å². The van der Waals surface area contributed by atoms with Crippen molar-refractivity contribution < 1.29 is 105 Å². The van der Waals surface area contributed by atoms with Gasteiger partial charge in [-0.15, -0.1) is 15.3 Å². The Morgan fingerprint density at radius 3 is 1.72 bits per heavy atom. The summed E-state index contributed by atoms with van der Waals surface area (Å²) in [4.78, 5) is -1.51. The maximum absolute atomic E-state index is 13.3. The maximum atomic E-state index is 13.3. The molecule has 0 spiro atoms. The minimum atomic E-state index is -5.05. The van der Waals surface area contributed by atoms with Gasteiger partial charge in [0.05, 0.1) is 30.5 Å². The molecule has 260 valence electrons. The molecular formula is C34H25N5Na2O10S2. The Hall–Kier alpha value is -4.14. The molecule has 6 aromatic rings. The standard InChI is InChI=1S/C34H27N5O10S2.2Na/c1-48-29-14-19(4-10-26(29)36-38-32-25-17-22(35)7-3-18(25)6-12-28(32)40)20-5-11-27(30(15-20)49-2)37-39-33-31(51(45,46)47)16-21-13-23(50(42,43)44)8-9-24(21)34(33)41;;/h3-17,40-41H,35H2,1-2H3,(H,42,43,44)(H,45,46,47);;/q;2*+1/p-2. The minimum absolute atomic E-state index is 0. The molecule has 0 fully saturated rings. The summed E-state index contributed by atoms with van der Waals surface area (Å²) in [6, 6.07) is 21.8. The van der Waals surface area contributed by atoms with E-state index in [0.29, 0.717) is 33.6 Å². The van der Waals surface area contributed by atoms with E-state index in [9.17, 15) is 36.2 Å². The van der Waals surface area contributed by atoms with E-state index in [2.05, 4.69) is 20.5 Å². The summed E-state index contributed by atoms with van der Waals surface area (Å²) in [7, 11) is -6.91. The van der Waals surface area contributed by atoms with Crippen LogP contribution in [0.4, 0.5) is 28.4 Å². The fourth-order valence-electron chi connectivity index (χ4n) is 5.26. The summed E-state index contributed by atoms with van der Waals surface area (Å²) < 4.78 is 77.8. The van der Waals surface area contributed by atoms with Gasteiger partial charge in [0.2, 0.25) is 0 Å². The van der Waals surface area contributed by atoms with Crippen LogP contribution in [0, 0.1) is 0 Å². The molecule has 6 aromatic carbocycles. The summed E-state index contributed by atoms with van der Waals surface area (Å²) in [6.07, 6.45) is 0. The van der Waals surface area contributed by atoms with Crippen molar-refractivity contribution >= 4 is 70.2 Å². The van der Waals surface area contributed by atoms with Gasteiger partial charge >= 0.3 is 59.1 Å². The monoisotopic (exact) mass is 773 g/mol. The molecule has 0 radical (unpaired) electrons. The van der Waals surface area contributed by atoms with E-state index in [1.165, 1.54) is 26.4 Å². The smallest absolute Gasteiger partial charge is 0.871 e. The normalized spacial score (nSPS) is 11.8. The van der Waals surface area contributed by atoms with E-state index in [-0.39, 0.29) is 92.8 Å². The van der Waals surface area contributed by atoms with E-state index >= 15 is 0 Å². The number of rotatable bonds is 9. The second-order valence-corrected chi connectivity index (χ2v) is 13.8. The summed E-state index contributed by atoms with van der Waals surface area (Å²) in [5, 5.41) is 43.2. The van der Waals surface area contributed by atoms with Gasteiger partial charge in [-0.25, -0.2) is 0 Å². The molecule has 53 heavy (non-hydrogen) atoms. The Bertz CT molecular complexity index is 2670. The Kier molecular flexibility index (Phi) is 12.9. The molecule has 0 bridgehead atoms. The quantitative estimate of drug-likeness (QED) is 0.0800. The van der Waals surface area contributed by atoms with Crippen LogP contribution in [-0.4, -0.2) is 40.2 Å². The number of anilines is 1. The van der Waals surface area contributed by atoms with Gasteiger partial charge in [-0.05, 0) is 81.9 Å². The van der Waals surface area contributed by atoms with Crippen LogP contribution >= 0.6 is 0 Å². The molecule has 15 nitrogen and oxygen atoms in total. The molecule has 0 unspecified atom stereocenters. The number of benzene rings is 6. The number of methoxy groups -OCH3 is 2. The largest absolute Gasteiger partial charge is 1.00 e. The molecule has 0 aliphatic heterocycles. The fourth-order valence-corrected chi connectivity index (χ4v) is 6.43. The van der Waals surface area contributed by atoms with E-state index in [1.54, 1.807) is 54.6 Å². The number of hydrogen-bond donors (Lipinski definition) is 3. The van der Waals surface area contributed by atoms with Crippen molar-refractivity contribution in [2.75, 3.05) is 20.0 Å². The van der Waals surface area contributed by atoms with Crippen LogP contribution in [0.25, 0.3) is 32.7 Å². The molecule has 19 heteroatoms. The fraction of sp³-hybridized carbons (Fsp3) is 0.0588. The van der Waals surface area contributed by atoms with Crippen LogP contribution in [-0.2, 0) is 20.2 Å². The van der Waals surface area contributed by atoms with Crippen LogP contribution < -0.4 is 84.5 Å². The van der Waals surface area contributed by atoms with Crippen LogP contribution in [0.15, 0.2) is 121 Å². The molecule has 0 saturated heterocycles. The Morgan fingerprint density at radius 1 is 0.604 bits per heavy atom. The zero-order valence-corrected chi connectivity index (χ0v) is 34.1. The first-order valence-electron chi connectivity index (χ1n) is 14.6. The summed E-state index contributed by atoms with van der Waals surface area (Å²) in [5.74, 6) is -0.780. The van der Waals surface area contributed by atoms with Crippen LogP contribution in [0.3, 0.4) is 0 Å². The van der Waals surface area contributed by atoms with E-state index in [0.717, 1.165) is 29.7 Å². The molecule has 4 N–H and O–H groups in total. The van der Waals surface area contributed by atoms with Crippen molar-refractivity contribution in [1.82, 2.24) is 0 Å². The molecule has 0 saturated carbocycles. The van der Waals surface area contributed by atoms with Gasteiger partial charge in [0.25, 0.3) is 20.2 Å². The van der Waals surface area contributed by atoms with Crippen LogP contribution in [0.5, 0.6) is 23.0 Å². The topological polar surface area (TPSA) is 249 Å². The Balaban J connectivity index is 0.00000314. The molecule has 0 aromatic heterocycles. The average Bonchev–Trinajstić information content (AvgIpc) is 3.09. The number of ether oxygens (including phenoxy) is 2. The zero-order chi connectivity index (χ0) is 36.7. The molecule has 6 rings (SSSR count). The van der Waals surface area contributed by atoms with Crippen molar-refractivity contribution in [1.29, 1.82) is 0 Å². The third kappa shape index (κ3) is 8.81. The zero-order valence-electron chi connectivity index (χ0n) is 28.5. The number of hydrogen-bond acceptors (Lipinski definition) is 13. The van der Waals surface area contributed by atoms with Crippen molar-refractivity contribution in [2.24, 2.45) is 20.5 Å². The average molecular weight is 774 g/mol. The molecular weight excluding hydrogens is 749 g/mol. The van der Waals surface area contributed by atoms with Crippen LogP contribution in [0.2, 0.25) is 0 Å². The second kappa shape index (κ2) is 16.5. The van der Waals surface area contributed by atoms with E-state index < -0.39 is 41.5 Å². The first kappa shape index (κ1) is 41.6. The van der Waals surface area contributed by atoms with Crippen molar-refractivity contribution in [3.8, 4) is 34.1 Å². The maximum Gasteiger partial charge on any atom is 1.00 e. The van der Waals surface area contributed by atoms with Gasteiger partial charge in [0.1, 0.15) is 27.8 Å². The molecule has 0 atom stereocenters. The van der Waals surface area contributed by atoms with Gasteiger partial charge in [-0.1, -0.05) is 47.9 Å². The number of nitrogens with zero attached hydrogens (tertiary/aromatic N) is 4. The second-order valence-electron chi connectivity index (χ2n) is 11.0. The van der Waals surface area contributed by atoms with Gasteiger partial charge in [-0.2, -0.15) is 21.9 Å². The summed E-state index contributed by atoms with van der Waals surface area (Å²) in [5.41, 5.74) is 7.50. The predicted octanol–water partition coefficient (Wildman–Crippen LogP) is 0.739.